The molecular formula is C16H19N3O4. The first-order valence-corrected chi connectivity index (χ1v) is 7.03. The van der Waals surface area contributed by atoms with Gasteiger partial charge in [-0.3, -0.25) is 14.5 Å². The summed E-state index contributed by atoms with van der Waals surface area (Å²) in [6.45, 7) is 3.75. The Balaban J connectivity index is 2.44. The molecule has 0 spiro atoms. The van der Waals surface area contributed by atoms with Crippen LogP contribution in [-0.2, 0) is 20.9 Å². The minimum atomic E-state index is -0.945. The van der Waals surface area contributed by atoms with E-state index in [4.69, 9.17) is 10.3 Å². The quantitative estimate of drug-likeness (QED) is 0.179. The maximum absolute atomic E-state index is 11.5. The van der Waals surface area contributed by atoms with Crippen molar-refractivity contribution in [3.8, 4) is 0 Å². The lowest BCUT2D eigenvalue weighted by Crippen LogP contribution is -2.29. The van der Waals surface area contributed by atoms with Crippen LogP contribution in [0.15, 0.2) is 24.3 Å². The SMILES string of the molecule is CC(=O)C(=[N+]=[N-])C(=O)OCCN(C)Cc1ccc(C(C)=O)cc1. The maximum Gasteiger partial charge on any atom is 0.441 e. The number of hydrogen-bond donors (Lipinski definition) is 0. The minimum Gasteiger partial charge on any atom is -0.455 e. The van der Waals surface area contributed by atoms with Crippen molar-refractivity contribution < 1.29 is 23.9 Å². The molecular weight excluding hydrogens is 298 g/mol. The smallest absolute Gasteiger partial charge is 0.441 e. The van der Waals surface area contributed by atoms with Gasteiger partial charge in [0, 0.05) is 25.6 Å². The van der Waals surface area contributed by atoms with E-state index >= 15 is 0 Å². The number of hydrogen-bond acceptors (Lipinski definition) is 5. The van der Waals surface area contributed by atoms with E-state index in [0.29, 0.717) is 18.7 Å². The standard InChI is InChI=1S/C16H19N3O4/c1-11(20)14-6-4-13(5-7-14)10-19(3)8-9-23-16(22)15(18-17)12(2)21/h4-7H,8-10H2,1-3H3. The summed E-state index contributed by atoms with van der Waals surface area (Å²) in [6, 6.07) is 7.27. The van der Waals surface area contributed by atoms with Gasteiger partial charge >= 0.3 is 11.7 Å². The zero-order valence-electron chi connectivity index (χ0n) is 13.4. The summed E-state index contributed by atoms with van der Waals surface area (Å²) in [7, 11) is 1.85. The largest absolute Gasteiger partial charge is 0.455 e. The van der Waals surface area contributed by atoms with Gasteiger partial charge in [-0.05, 0) is 19.5 Å². The monoisotopic (exact) mass is 317 g/mol. The average Bonchev–Trinajstić information content (AvgIpc) is 2.48. The zero-order valence-corrected chi connectivity index (χ0v) is 13.4. The van der Waals surface area contributed by atoms with Crippen molar-refractivity contribution in [2.75, 3.05) is 20.2 Å². The van der Waals surface area contributed by atoms with Gasteiger partial charge < -0.3 is 10.3 Å². The summed E-state index contributed by atoms with van der Waals surface area (Å²) in [5.74, 6) is -1.58. The number of Topliss-reactive ketones (excluding diaryl/α,β-unsaturated/α-hetero) is 2. The van der Waals surface area contributed by atoms with Crippen molar-refractivity contribution in [2.45, 2.75) is 20.4 Å². The van der Waals surface area contributed by atoms with Crippen molar-refractivity contribution >= 4 is 23.2 Å². The van der Waals surface area contributed by atoms with Crippen LogP contribution in [0.5, 0.6) is 0 Å². The number of esters is 1. The normalized spacial score (nSPS) is 10.1. The Morgan fingerprint density at radius 3 is 2.26 bits per heavy atom. The predicted molar refractivity (Wildman–Crippen MR) is 83.0 cm³/mol. The number of ether oxygens (including phenoxy) is 1. The highest BCUT2D eigenvalue weighted by Crippen LogP contribution is 2.07. The molecule has 0 amide bonds. The molecule has 0 unspecified atom stereocenters. The van der Waals surface area contributed by atoms with Crippen LogP contribution in [0.1, 0.15) is 29.8 Å². The van der Waals surface area contributed by atoms with Gasteiger partial charge in [0.25, 0.3) is 0 Å². The fourth-order valence-corrected chi connectivity index (χ4v) is 1.85. The van der Waals surface area contributed by atoms with Crippen LogP contribution < -0.4 is 0 Å². The lowest BCUT2D eigenvalue weighted by atomic mass is 10.1. The Labute approximate surface area is 134 Å². The molecule has 0 bridgehead atoms. The van der Waals surface area contributed by atoms with Crippen molar-refractivity contribution in [3.63, 3.8) is 0 Å². The third-order valence-electron chi connectivity index (χ3n) is 3.15. The summed E-state index contributed by atoms with van der Waals surface area (Å²) in [5.41, 5.74) is 9.62. The van der Waals surface area contributed by atoms with E-state index in [-0.39, 0.29) is 12.4 Å². The van der Waals surface area contributed by atoms with E-state index in [2.05, 4.69) is 4.79 Å². The molecule has 0 aliphatic rings. The van der Waals surface area contributed by atoms with Crippen LogP contribution in [0.25, 0.3) is 5.53 Å². The average molecular weight is 317 g/mol. The third kappa shape index (κ3) is 5.94. The Morgan fingerprint density at radius 1 is 1.17 bits per heavy atom. The summed E-state index contributed by atoms with van der Waals surface area (Å²) < 4.78 is 4.88. The number of ketones is 2. The van der Waals surface area contributed by atoms with Crippen LogP contribution in [0, 0.1) is 0 Å². The summed E-state index contributed by atoms with van der Waals surface area (Å²) in [5, 5.41) is 0. The molecule has 0 aromatic heterocycles. The van der Waals surface area contributed by atoms with Gasteiger partial charge in [0.2, 0.25) is 5.78 Å². The molecule has 0 aliphatic heterocycles. The molecule has 1 aromatic rings. The lowest BCUT2D eigenvalue weighted by molar-refractivity contribution is -0.142. The van der Waals surface area contributed by atoms with Crippen LogP contribution >= 0.6 is 0 Å². The summed E-state index contributed by atoms with van der Waals surface area (Å²) in [6.07, 6.45) is 0. The van der Waals surface area contributed by atoms with Crippen LogP contribution in [0.4, 0.5) is 0 Å². The topological polar surface area (TPSA) is 100 Å². The van der Waals surface area contributed by atoms with E-state index in [0.717, 1.165) is 12.5 Å². The highest BCUT2D eigenvalue weighted by atomic mass is 16.5. The number of likely N-dealkylation sites (N-methyl/N-ethyl adjacent to an activating group) is 1. The van der Waals surface area contributed by atoms with Crippen LogP contribution in [0.3, 0.4) is 0 Å². The molecule has 7 heteroatoms. The van der Waals surface area contributed by atoms with E-state index in [1.165, 1.54) is 6.92 Å². The molecule has 1 rings (SSSR count). The van der Waals surface area contributed by atoms with E-state index < -0.39 is 17.5 Å². The number of benzene rings is 1. The van der Waals surface area contributed by atoms with Crippen molar-refractivity contribution in [2.24, 2.45) is 0 Å². The molecule has 7 nitrogen and oxygen atoms in total. The molecule has 0 atom stereocenters. The van der Waals surface area contributed by atoms with Gasteiger partial charge in [0.05, 0.1) is 0 Å². The van der Waals surface area contributed by atoms with Gasteiger partial charge in [0.15, 0.2) is 5.78 Å². The molecule has 0 aliphatic carbocycles. The molecule has 0 saturated heterocycles. The molecule has 23 heavy (non-hydrogen) atoms. The number of nitrogens with zero attached hydrogens (tertiary/aromatic N) is 3. The molecule has 0 heterocycles. The first kappa shape index (κ1) is 18.4. The lowest BCUT2D eigenvalue weighted by Gasteiger charge is -2.16. The third-order valence-corrected chi connectivity index (χ3v) is 3.15. The van der Waals surface area contributed by atoms with Crippen molar-refractivity contribution in [3.05, 3.63) is 40.9 Å². The highest BCUT2D eigenvalue weighted by Gasteiger charge is 2.27. The fourth-order valence-electron chi connectivity index (χ4n) is 1.85. The Hall–Kier alpha value is -2.63. The molecule has 0 N–H and O–H groups in total. The first-order valence-electron chi connectivity index (χ1n) is 7.03. The molecule has 0 saturated carbocycles. The molecule has 1 aromatic carbocycles. The maximum atomic E-state index is 11.5. The van der Waals surface area contributed by atoms with Gasteiger partial charge in [-0.25, -0.2) is 4.79 Å². The Kier molecular flexibility index (Phi) is 6.99. The van der Waals surface area contributed by atoms with E-state index in [1.54, 1.807) is 12.1 Å². The number of carbonyl (C=O) groups is 3. The molecule has 0 radical (unpaired) electrons. The highest BCUT2D eigenvalue weighted by molar-refractivity contribution is 6.61. The van der Waals surface area contributed by atoms with Crippen LogP contribution in [-0.4, -0.2) is 53.1 Å². The fraction of sp³-hybridized carbons (Fsp3) is 0.375. The van der Waals surface area contributed by atoms with Crippen LogP contribution in [0.2, 0.25) is 0 Å². The van der Waals surface area contributed by atoms with Crippen molar-refractivity contribution in [1.82, 2.24) is 4.90 Å². The minimum absolute atomic E-state index is 0.0173. The Morgan fingerprint density at radius 2 is 1.78 bits per heavy atom. The van der Waals surface area contributed by atoms with Gasteiger partial charge in [-0.2, -0.15) is 4.79 Å². The zero-order chi connectivity index (χ0) is 17.4. The van der Waals surface area contributed by atoms with E-state index in [9.17, 15) is 14.4 Å². The molecule has 122 valence electrons. The summed E-state index contributed by atoms with van der Waals surface area (Å²) in [4.78, 5) is 38.2. The van der Waals surface area contributed by atoms with E-state index in [1.807, 2.05) is 24.1 Å². The first-order chi connectivity index (χ1) is 10.8. The number of rotatable bonds is 8. The second kappa shape index (κ2) is 8.73. The molecule has 0 fully saturated rings. The van der Waals surface area contributed by atoms with Gasteiger partial charge in [-0.1, -0.05) is 24.3 Å². The second-order valence-electron chi connectivity index (χ2n) is 5.13. The van der Waals surface area contributed by atoms with Gasteiger partial charge in [-0.15, -0.1) is 0 Å². The van der Waals surface area contributed by atoms with Gasteiger partial charge in [0.1, 0.15) is 6.61 Å². The Bertz CT molecular complexity index is 646. The summed E-state index contributed by atoms with van der Waals surface area (Å²) >= 11 is 0. The van der Waals surface area contributed by atoms with Crippen molar-refractivity contribution in [1.29, 1.82) is 0 Å². The second-order valence-corrected chi connectivity index (χ2v) is 5.13. The predicted octanol–water partition coefficient (Wildman–Crippen LogP) is 1.12. The number of carbonyl (C=O) groups excluding carboxylic acids is 3.